The number of aromatic nitrogens is 1. The van der Waals surface area contributed by atoms with E-state index in [0.29, 0.717) is 23.6 Å². The summed E-state index contributed by atoms with van der Waals surface area (Å²) in [6.07, 6.45) is 1.57. The fourth-order valence-corrected chi connectivity index (χ4v) is 2.24. The molecule has 0 bridgehead atoms. The summed E-state index contributed by atoms with van der Waals surface area (Å²) in [6.45, 7) is 0.410. The summed E-state index contributed by atoms with van der Waals surface area (Å²) in [5.41, 5.74) is 1.94. The molecule has 0 saturated carbocycles. The van der Waals surface area contributed by atoms with Gasteiger partial charge in [0.1, 0.15) is 12.4 Å². The lowest BCUT2D eigenvalue weighted by atomic mass is 10.0. The van der Waals surface area contributed by atoms with Gasteiger partial charge in [0.2, 0.25) is 5.88 Å². The molecule has 0 saturated heterocycles. The van der Waals surface area contributed by atoms with Gasteiger partial charge in [-0.2, -0.15) is 0 Å². The number of benzene rings is 2. The Bertz CT molecular complexity index is 848. The van der Waals surface area contributed by atoms with E-state index in [1.807, 2.05) is 30.3 Å². The van der Waals surface area contributed by atoms with Crippen LogP contribution in [0.5, 0.6) is 5.88 Å². The zero-order valence-electron chi connectivity index (χ0n) is 12.6. The SMILES string of the molecule is O=C(O)c1cc(-c2ccc(OCc3ccccc3)nc2)ccc1F. The van der Waals surface area contributed by atoms with Crippen molar-refractivity contribution in [1.29, 1.82) is 0 Å². The van der Waals surface area contributed by atoms with Crippen LogP contribution in [0.3, 0.4) is 0 Å². The number of aromatic carboxylic acids is 1. The van der Waals surface area contributed by atoms with Gasteiger partial charge in [-0.15, -0.1) is 0 Å². The molecule has 1 N–H and O–H groups in total. The van der Waals surface area contributed by atoms with Crippen LogP contribution in [0, 0.1) is 5.82 Å². The Kier molecular flexibility index (Phi) is 4.52. The predicted octanol–water partition coefficient (Wildman–Crippen LogP) is 4.16. The number of rotatable bonds is 5. The van der Waals surface area contributed by atoms with E-state index in [4.69, 9.17) is 9.84 Å². The maximum absolute atomic E-state index is 13.4. The average molecular weight is 323 g/mol. The molecular weight excluding hydrogens is 309 g/mol. The van der Waals surface area contributed by atoms with Crippen molar-refractivity contribution in [1.82, 2.24) is 4.98 Å². The van der Waals surface area contributed by atoms with Gasteiger partial charge in [-0.25, -0.2) is 14.2 Å². The van der Waals surface area contributed by atoms with Crippen LogP contribution < -0.4 is 4.74 Å². The smallest absolute Gasteiger partial charge is 0.338 e. The van der Waals surface area contributed by atoms with Crippen LogP contribution in [0.4, 0.5) is 4.39 Å². The van der Waals surface area contributed by atoms with Gasteiger partial charge >= 0.3 is 5.97 Å². The van der Waals surface area contributed by atoms with Crippen LogP contribution in [0.1, 0.15) is 15.9 Å². The van der Waals surface area contributed by atoms with E-state index < -0.39 is 11.8 Å². The molecule has 0 spiro atoms. The lowest BCUT2D eigenvalue weighted by Gasteiger charge is -2.07. The molecule has 3 rings (SSSR count). The van der Waals surface area contributed by atoms with E-state index in [-0.39, 0.29) is 5.56 Å². The fourth-order valence-electron chi connectivity index (χ4n) is 2.24. The molecule has 1 heterocycles. The summed E-state index contributed by atoms with van der Waals surface area (Å²) in [4.78, 5) is 15.2. The molecule has 1 aromatic heterocycles. The first kappa shape index (κ1) is 15.7. The lowest BCUT2D eigenvalue weighted by molar-refractivity contribution is 0.0692. The molecule has 0 fully saturated rings. The van der Waals surface area contributed by atoms with E-state index in [1.165, 1.54) is 12.1 Å². The largest absolute Gasteiger partial charge is 0.478 e. The monoisotopic (exact) mass is 323 g/mol. The highest BCUT2D eigenvalue weighted by Crippen LogP contribution is 2.23. The maximum Gasteiger partial charge on any atom is 0.338 e. The summed E-state index contributed by atoms with van der Waals surface area (Å²) < 4.78 is 19.0. The van der Waals surface area contributed by atoms with Crippen molar-refractivity contribution >= 4 is 5.97 Å². The molecule has 0 radical (unpaired) electrons. The first-order valence-corrected chi connectivity index (χ1v) is 7.29. The summed E-state index contributed by atoms with van der Waals surface area (Å²) in [5, 5.41) is 8.98. The summed E-state index contributed by atoms with van der Waals surface area (Å²) in [7, 11) is 0. The van der Waals surface area contributed by atoms with Crippen LogP contribution >= 0.6 is 0 Å². The topological polar surface area (TPSA) is 59.4 Å². The number of halogens is 1. The molecule has 0 aliphatic heterocycles. The number of carboxylic acids is 1. The maximum atomic E-state index is 13.4. The summed E-state index contributed by atoms with van der Waals surface area (Å²) in [5.74, 6) is -1.60. The molecular formula is C19H14FNO3. The second kappa shape index (κ2) is 6.91. The van der Waals surface area contributed by atoms with E-state index in [2.05, 4.69) is 4.98 Å². The molecule has 0 unspecified atom stereocenters. The van der Waals surface area contributed by atoms with Crippen molar-refractivity contribution in [2.75, 3.05) is 0 Å². The van der Waals surface area contributed by atoms with E-state index in [1.54, 1.807) is 18.3 Å². The molecule has 0 aliphatic carbocycles. The van der Waals surface area contributed by atoms with Crippen LogP contribution in [0.2, 0.25) is 0 Å². The molecule has 0 amide bonds. The number of carboxylic acid groups (broad SMARTS) is 1. The molecule has 0 aliphatic rings. The Labute approximate surface area is 138 Å². The third-order valence-corrected chi connectivity index (χ3v) is 3.50. The second-order valence-electron chi connectivity index (χ2n) is 5.16. The summed E-state index contributed by atoms with van der Waals surface area (Å²) >= 11 is 0. The highest BCUT2D eigenvalue weighted by atomic mass is 19.1. The van der Waals surface area contributed by atoms with Gasteiger partial charge in [-0.3, -0.25) is 0 Å². The minimum Gasteiger partial charge on any atom is -0.478 e. The third kappa shape index (κ3) is 3.57. The number of pyridine rings is 1. The normalized spacial score (nSPS) is 10.4. The van der Waals surface area contributed by atoms with Crippen LogP contribution in [0.25, 0.3) is 11.1 Å². The van der Waals surface area contributed by atoms with Crippen molar-refractivity contribution in [2.45, 2.75) is 6.61 Å². The van der Waals surface area contributed by atoms with Crippen molar-refractivity contribution in [3.63, 3.8) is 0 Å². The van der Waals surface area contributed by atoms with Crippen molar-refractivity contribution < 1.29 is 19.0 Å². The Morgan fingerprint density at radius 1 is 1.04 bits per heavy atom. The second-order valence-corrected chi connectivity index (χ2v) is 5.16. The van der Waals surface area contributed by atoms with Gasteiger partial charge in [0, 0.05) is 17.8 Å². The summed E-state index contributed by atoms with van der Waals surface area (Å²) in [6, 6.07) is 17.1. The lowest BCUT2D eigenvalue weighted by Crippen LogP contribution is -2.00. The molecule has 24 heavy (non-hydrogen) atoms. The third-order valence-electron chi connectivity index (χ3n) is 3.50. The van der Waals surface area contributed by atoms with Gasteiger partial charge < -0.3 is 9.84 Å². The molecule has 120 valence electrons. The Morgan fingerprint density at radius 3 is 2.46 bits per heavy atom. The molecule has 5 heteroatoms. The first-order chi connectivity index (χ1) is 11.6. The van der Waals surface area contributed by atoms with Crippen LogP contribution in [-0.2, 0) is 6.61 Å². The Balaban J connectivity index is 1.75. The number of carbonyl (C=O) groups is 1. The molecule has 3 aromatic rings. The zero-order chi connectivity index (χ0) is 16.9. The van der Waals surface area contributed by atoms with E-state index in [9.17, 15) is 9.18 Å². The highest BCUT2D eigenvalue weighted by Gasteiger charge is 2.11. The van der Waals surface area contributed by atoms with E-state index >= 15 is 0 Å². The van der Waals surface area contributed by atoms with Crippen molar-refractivity contribution in [3.05, 3.63) is 83.8 Å². The van der Waals surface area contributed by atoms with Crippen molar-refractivity contribution in [3.8, 4) is 17.0 Å². The number of nitrogens with zero attached hydrogens (tertiary/aromatic N) is 1. The van der Waals surface area contributed by atoms with Crippen molar-refractivity contribution in [2.24, 2.45) is 0 Å². The first-order valence-electron chi connectivity index (χ1n) is 7.29. The molecule has 2 aromatic carbocycles. The van der Waals surface area contributed by atoms with Gasteiger partial charge in [0.25, 0.3) is 0 Å². The number of hydrogen-bond acceptors (Lipinski definition) is 3. The number of hydrogen-bond donors (Lipinski definition) is 1. The minimum absolute atomic E-state index is 0.364. The van der Waals surface area contributed by atoms with Gasteiger partial charge in [-0.05, 0) is 29.3 Å². The fraction of sp³-hybridized carbons (Fsp3) is 0.0526. The highest BCUT2D eigenvalue weighted by molar-refractivity contribution is 5.89. The van der Waals surface area contributed by atoms with Gasteiger partial charge in [0.05, 0.1) is 5.56 Å². The number of ether oxygens (including phenoxy) is 1. The van der Waals surface area contributed by atoms with Crippen LogP contribution in [0.15, 0.2) is 66.9 Å². The quantitative estimate of drug-likeness (QED) is 0.766. The standard InChI is InChI=1S/C19H14FNO3/c20-17-8-6-14(10-16(17)19(22)23)15-7-9-18(21-11-15)24-12-13-4-2-1-3-5-13/h1-11H,12H2,(H,22,23). The molecule has 0 atom stereocenters. The predicted molar refractivity (Wildman–Crippen MR) is 87.4 cm³/mol. The van der Waals surface area contributed by atoms with E-state index in [0.717, 1.165) is 11.6 Å². The minimum atomic E-state index is -1.30. The zero-order valence-corrected chi connectivity index (χ0v) is 12.6. The molecule has 4 nitrogen and oxygen atoms in total. The average Bonchev–Trinajstić information content (AvgIpc) is 2.61. The Hall–Kier alpha value is -3.21. The van der Waals surface area contributed by atoms with Crippen LogP contribution in [-0.4, -0.2) is 16.1 Å². The Morgan fingerprint density at radius 2 is 1.79 bits per heavy atom. The van der Waals surface area contributed by atoms with Gasteiger partial charge in [0.15, 0.2) is 0 Å². The van der Waals surface area contributed by atoms with Gasteiger partial charge in [-0.1, -0.05) is 36.4 Å².